The molecule has 3 rings (SSSR count). The summed E-state index contributed by atoms with van der Waals surface area (Å²) < 4.78 is 29.6. The van der Waals surface area contributed by atoms with E-state index in [1.165, 1.54) is 24.1 Å². The minimum atomic E-state index is -3.57. The number of carbonyl (C=O) groups is 1. The quantitative estimate of drug-likeness (QED) is 0.432. The highest BCUT2D eigenvalue weighted by Crippen LogP contribution is 2.25. The summed E-state index contributed by atoms with van der Waals surface area (Å²) in [5.41, 5.74) is 5.84. The molecule has 8 nitrogen and oxygen atoms in total. The highest BCUT2D eigenvalue weighted by atomic mass is 32.2. The number of nitrogens with one attached hydrogen (secondary N) is 1. The van der Waals surface area contributed by atoms with E-state index >= 15 is 0 Å². The zero-order valence-corrected chi connectivity index (χ0v) is 20.1. The van der Waals surface area contributed by atoms with Gasteiger partial charge in [0.2, 0.25) is 15.0 Å². The Morgan fingerprint density at radius 1 is 1.22 bits per heavy atom. The van der Waals surface area contributed by atoms with Crippen LogP contribution in [0.15, 0.2) is 35.0 Å². The lowest BCUT2D eigenvalue weighted by atomic mass is 10.1. The van der Waals surface area contributed by atoms with Crippen molar-refractivity contribution in [2.45, 2.75) is 39.8 Å². The van der Waals surface area contributed by atoms with Gasteiger partial charge in [-0.3, -0.25) is 10.1 Å². The van der Waals surface area contributed by atoms with Gasteiger partial charge in [-0.05, 0) is 68.7 Å². The minimum Gasteiger partial charge on any atom is -0.318 e. The van der Waals surface area contributed by atoms with Crippen molar-refractivity contribution in [2.75, 3.05) is 11.1 Å². The molecule has 0 aliphatic carbocycles. The number of benzene rings is 1. The van der Waals surface area contributed by atoms with E-state index in [4.69, 9.17) is 0 Å². The molecule has 1 N–H and O–H groups in total. The number of aryl methyl sites for hydroxylation is 3. The lowest BCUT2D eigenvalue weighted by Gasteiger charge is -2.11. The van der Waals surface area contributed by atoms with Crippen LogP contribution < -0.4 is 5.32 Å². The lowest BCUT2D eigenvalue weighted by molar-refractivity contribution is -0.112. The highest BCUT2D eigenvalue weighted by molar-refractivity contribution is 7.91. The normalized spacial score (nSPS) is 11.9. The standard InChI is InChI=1S/C22H23N5O3S2/c1-6-32(29,30)22-25-21(31-26-22)24-20(28)18(12-23)11-17-10-15(4)27(16(17)5)19-8-7-13(2)14(3)9-19/h7-11H,6H2,1-5H3,(H,24,25,26,28)/b18-11-. The molecule has 0 bridgehead atoms. The van der Waals surface area contributed by atoms with E-state index in [2.05, 4.69) is 45.2 Å². The molecule has 2 aromatic heterocycles. The first-order chi connectivity index (χ1) is 15.1. The van der Waals surface area contributed by atoms with E-state index < -0.39 is 15.7 Å². The van der Waals surface area contributed by atoms with Crippen molar-refractivity contribution in [3.8, 4) is 11.8 Å². The molecule has 0 radical (unpaired) electrons. The van der Waals surface area contributed by atoms with Crippen molar-refractivity contribution in [3.63, 3.8) is 0 Å². The van der Waals surface area contributed by atoms with Gasteiger partial charge in [-0.25, -0.2) is 8.42 Å². The van der Waals surface area contributed by atoms with Crippen molar-refractivity contribution in [1.29, 1.82) is 5.26 Å². The number of carbonyl (C=O) groups excluding carboxylic acids is 1. The van der Waals surface area contributed by atoms with Crippen LogP contribution in [0.1, 0.15) is 35.0 Å². The summed E-state index contributed by atoms with van der Waals surface area (Å²) in [7, 11) is -3.57. The van der Waals surface area contributed by atoms with E-state index in [1.54, 1.807) is 0 Å². The second-order valence-electron chi connectivity index (χ2n) is 7.34. The first kappa shape index (κ1) is 23.4. The van der Waals surface area contributed by atoms with Gasteiger partial charge in [0.15, 0.2) is 0 Å². The summed E-state index contributed by atoms with van der Waals surface area (Å²) >= 11 is 0.751. The molecule has 0 aliphatic heterocycles. The number of sulfone groups is 1. The minimum absolute atomic E-state index is 0.0174. The van der Waals surface area contributed by atoms with Gasteiger partial charge in [0, 0.05) is 28.6 Å². The molecule has 1 amide bonds. The fourth-order valence-electron chi connectivity index (χ4n) is 3.18. The Morgan fingerprint density at radius 2 is 1.94 bits per heavy atom. The van der Waals surface area contributed by atoms with E-state index in [0.29, 0.717) is 0 Å². The first-order valence-electron chi connectivity index (χ1n) is 9.83. The Morgan fingerprint density at radius 3 is 2.56 bits per heavy atom. The maximum atomic E-state index is 12.6. The summed E-state index contributed by atoms with van der Waals surface area (Å²) in [5.74, 6) is -0.823. The lowest BCUT2D eigenvalue weighted by Crippen LogP contribution is -2.14. The number of aromatic nitrogens is 3. The SMILES string of the molecule is CCS(=O)(=O)c1nsc(NC(=O)/C(C#N)=C\c2cc(C)n(-c3ccc(C)c(C)c3)c2C)n1. The highest BCUT2D eigenvalue weighted by Gasteiger charge is 2.20. The van der Waals surface area contributed by atoms with Gasteiger partial charge in [0.25, 0.3) is 11.1 Å². The molecule has 3 aromatic rings. The van der Waals surface area contributed by atoms with Crippen LogP contribution in [0.5, 0.6) is 0 Å². The van der Waals surface area contributed by atoms with Gasteiger partial charge >= 0.3 is 0 Å². The zero-order chi connectivity index (χ0) is 23.6. The molecular formula is C22H23N5O3S2. The molecule has 10 heteroatoms. The van der Waals surface area contributed by atoms with Crippen LogP contribution in [0.25, 0.3) is 11.8 Å². The average Bonchev–Trinajstić information content (AvgIpc) is 3.33. The maximum Gasteiger partial charge on any atom is 0.268 e. The molecule has 32 heavy (non-hydrogen) atoms. The van der Waals surface area contributed by atoms with Gasteiger partial charge in [-0.15, -0.1) is 0 Å². The van der Waals surface area contributed by atoms with Crippen molar-refractivity contribution >= 4 is 38.5 Å². The summed E-state index contributed by atoms with van der Waals surface area (Å²) in [5, 5.41) is 11.7. The summed E-state index contributed by atoms with van der Waals surface area (Å²) in [6.07, 6.45) is 1.51. The molecular weight excluding hydrogens is 446 g/mol. The summed E-state index contributed by atoms with van der Waals surface area (Å²) in [4.78, 5) is 16.5. The number of nitrogens with zero attached hydrogens (tertiary/aromatic N) is 4. The Labute approximate surface area is 191 Å². The van der Waals surface area contributed by atoms with Crippen LogP contribution in [-0.2, 0) is 14.6 Å². The van der Waals surface area contributed by atoms with Crippen LogP contribution in [0.2, 0.25) is 0 Å². The predicted molar refractivity (Wildman–Crippen MR) is 125 cm³/mol. The van der Waals surface area contributed by atoms with Gasteiger partial charge in [-0.2, -0.15) is 14.6 Å². The number of rotatable bonds is 6. The topological polar surface area (TPSA) is 118 Å². The smallest absolute Gasteiger partial charge is 0.268 e. The van der Waals surface area contributed by atoms with Crippen molar-refractivity contribution in [2.24, 2.45) is 0 Å². The number of hydrogen-bond donors (Lipinski definition) is 1. The Kier molecular flexibility index (Phi) is 6.62. The maximum absolute atomic E-state index is 12.6. The van der Waals surface area contributed by atoms with Crippen molar-refractivity contribution in [1.82, 2.24) is 13.9 Å². The van der Waals surface area contributed by atoms with E-state index in [0.717, 1.165) is 34.2 Å². The van der Waals surface area contributed by atoms with Crippen LogP contribution in [0, 0.1) is 39.0 Å². The Balaban J connectivity index is 1.90. The van der Waals surface area contributed by atoms with E-state index in [-0.39, 0.29) is 21.6 Å². The number of amides is 1. The van der Waals surface area contributed by atoms with Crippen LogP contribution >= 0.6 is 11.5 Å². The van der Waals surface area contributed by atoms with E-state index in [9.17, 15) is 18.5 Å². The number of anilines is 1. The van der Waals surface area contributed by atoms with E-state index in [1.807, 2.05) is 32.0 Å². The van der Waals surface area contributed by atoms with Crippen LogP contribution in [0.4, 0.5) is 5.13 Å². The second-order valence-corrected chi connectivity index (χ2v) is 10.3. The number of hydrogen-bond acceptors (Lipinski definition) is 7. The molecule has 166 valence electrons. The third-order valence-electron chi connectivity index (χ3n) is 5.17. The van der Waals surface area contributed by atoms with Crippen molar-refractivity contribution < 1.29 is 13.2 Å². The molecule has 0 unspecified atom stereocenters. The molecule has 0 aliphatic rings. The molecule has 0 atom stereocenters. The third kappa shape index (κ3) is 4.64. The summed E-state index contributed by atoms with van der Waals surface area (Å²) in [6.45, 7) is 9.48. The number of nitriles is 1. The Hall–Kier alpha value is -3.29. The first-order valence-corrected chi connectivity index (χ1v) is 12.3. The van der Waals surface area contributed by atoms with Crippen molar-refractivity contribution in [3.05, 3.63) is 57.9 Å². The molecule has 0 spiro atoms. The monoisotopic (exact) mass is 469 g/mol. The summed E-state index contributed by atoms with van der Waals surface area (Å²) in [6, 6.07) is 10.0. The predicted octanol–water partition coefficient (Wildman–Crippen LogP) is 3.90. The van der Waals surface area contributed by atoms with Crippen LogP contribution in [-0.4, -0.2) is 34.0 Å². The molecule has 0 fully saturated rings. The van der Waals surface area contributed by atoms with Gasteiger partial charge in [0.1, 0.15) is 11.6 Å². The fourth-order valence-corrected chi connectivity index (χ4v) is 4.76. The second kappa shape index (κ2) is 9.06. The van der Waals surface area contributed by atoms with Gasteiger partial charge in [0.05, 0.1) is 5.75 Å². The van der Waals surface area contributed by atoms with Crippen LogP contribution in [0.3, 0.4) is 0 Å². The molecule has 1 aromatic carbocycles. The molecule has 0 saturated carbocycles. The third-order valence-corrected chi connectivity index (χ3v) is 7.42. The zero-order valence-electron chi connectivity index (χ0n) is 18.4. The Bertz CT molecular complexity index is 1370. The largest absolute Gasteiger partial charge is 0.318 e. The molecule has 0 saturated heterocycles. The molecule has 2 heterocycles. The van der Waals surface area contributed by atoms with Gasteiger partial charge in [-0.1, -0.05) is 13.0 Å². The van der Waals surface area contributed by atoms with Gasteiger partial charge < -0.3 is 4.57 Å². The fraction of sp³-hybridized carbons (Fsp3) is 0.273. The average molecular weight is 470 g/mol.